The number of hydrogen-bond donors (Lipinski definition) is 2. The number of carbonyl (C=O) groups is 1. The summed E-state index contributed by atoms with van der Waals surface area (Å²) in [4.78, 5) is 12.9. The second-order valence-electron chi connectivity index (χ2n) is 4.33. The topological polar surface area (TPSA) is 58.6 Å². The van der Waals surface area contributed by atoms with Crippen LogP contribution in [0.1, 0.15) is 5.56 Å². The molecule has 2 rings (SSSR count). The number of aliphatic hydroxyl groups excluding tert-OH is 1. The van der Waals surface area contributed by atoms with Gasteiger partial charge in [-0.1, -0.05) is 18.2 Å². The van der Waals surface area contributed by atoms with Gasteiger partial charge in [-0.05, 0) is 30.3 Å². The molecule has 0 saturated carbocycles. The van der Waals surface area contributed by atoms with Gasteiger partial charge < -0.3 is 15.2 Å². The molecule has 2 aromatic rings. The van der Waals surface area contributed by atoms with E-state index >= 15 is 0 Å². The van der Waals surface area contributed by atoms with Crippen molar-refractivity contribution in [1.82, 2.24) is 0 Å². The molecule has 0 bridgehead atoms. The molecule has 4 nitrogen and oxygen atoms in total. The predicted octanol–water partition coefficient (Wildman–Crippen LogP) is 2.92. The first-order chi connectivity index (χ1) is 10.2. The van der Waals surface area contributed by atoms with Crippen molar-refractivity contribution in [2.75, 3.05) is 18.2 Å². The number of para-hydroxylation sites is 1. The van der Waals surface area contributed by atoms with Gasteiger partial charge in [0.15, 0.2) is 0 Å². The average molecular weight is 303 g/mol. The van der Waals surface area contributed by atoms with Crippen LogP contribution in [0.2, 0.25) is 0 Å². The maximum atomic E-state index is 11.9. The number of carbonyl (C=O) groups excluding carboxylic acids is 1. The monoisotopic (exact) mass is 303 g/mol. The minimum Gasteiger partial charge on any atom is -0.497 e. The van der Waals surface area contributed by atoms with Crippen LogP contribution in [-0.4, -0.2) is 23.9 Å². The Labute approximate surface area is 128 Å². The molecule has 0 heterocycles. The number of amides is 1. The maximum Gasteiger partial charge on any atom is 0.234 e. The third-order valence-electron chi connectivity index (χ3n) is 2.89. The second kappa shape index (κ2) is 7.71. The van der Waals surface area contributed by atoms with Gasteiger partial charge in [0.2, 0.25) is 5.91 Å². The number of aliphatic hydroxyl groups is 1. The Balaban J connectivity index is 1.89. The van der Waals surface area contributed by atoms with Crippen molar-refractivity contribution in [3.63, 3.8) is 0 Å². The highest BCUT2D eigenvalue weighted by molar-refractivity contribution is 8.00. The number of thioether (sulfide) groups is 1. The van der Waals surface area contributed by atoms with E-state index in [0.717, 1.165) is 10.6 Å². The molecule has 21 heavy (non-hydrogen) atoms. The van der Waals surface area contributed by atoms with E-state index < -0.39 is 0 Å². The van der Waals surface area contributed by atoms with Crippen LogP contribution in [0.15, 0.2) is 53.4 Å². The van der Waals surface area contributed by atoms with Crippen LogP contribution in [-0.2, 0) is 11.4 Å². The summed E-state index contributed by atoms with van der Waals surface area (Å²) in [6.07, 6.45) is 0. The molecular weight excluding hydrogens is 286 g/mol. The summed E-state index contributed by atoms with van der Waals surface area (Å²) in [7, 11) is 1.62. The normalized spacial score (nSPS) is 10.2. The van der Waals surface area contributed by atoms with Gasteiger partial charge in [0, 0.05) is 16.1 Å². The van der Waals surface area contributed by atoms with Gasteiger partial charge in [-0.25, -0.2) is 0 Å². The molecule has 0 aliphatic heterocycles. The molecule has 2 aromatic carbocycles. The second-order valence-corrected chi connectivity index (χ2v) is 5.38. The average Bonchev–Trinajstić information content (AvgIpc) is 2.54. The largest absolute Gasteiger partial charge is 0.497 e. The van der Waals surface area contributed by atoms with E-state index in [4.69, 9.17) is 4.74 Å². The lowest BCUT2D eigenvalue weighted by molar-refractivity contribution is -0.113. The van der Waals surface area contributed by atoms with Gasteiger partial charge in [-0.3, -0.25) is 4.79 Å². The molecule has 0 aromatic heterocycles. The molecule has 2 N–H and O–H groups in total. The van der Waals surface area contributed by atoms with Crippen molar-refractivity contribution in [3.8, 4) is 5.75 Å². The van der Waals surface area contributed by atoms with E-state index in [0.29, 0.717) is 17.0 Å². The van der Waals surface area contributed by atoms with Gasteiger partial charge in [0.05, 0.1) is 19.5 Å². The number of hydrogen-bond acceptors (Lipinski definition) is 4. The van der Waals surface area contributed by atoms with Crippen LogP contribution >= 0.6 is 11.8 Å². The highest BCUT2D eigenvalue weighted by Crippen LogP contribution is 2.22. The van der Waals surface area contributed by atoms with E-state index in [-0.39, 0.29) is 12.5 Å². The first-order valence-corrected chi connectivity index (χ1v) is 7.47. The lowest BCUT2D eigenvalue weighted by atomic mass is 10.2. The zero-order valence-corrected chi connectivity index (χ0v) is 12.5. The zero-order chi connectivity index (χ0) is 15.1. The lowest BCUT2D eigenvalue weighted by Crippen LogP contribution is -2.15. The molecule has 0 fully saturated rings. The Morgan fingerprint density at radius 3 is 2.57 bits per heavy atom. The van der Waals surface area contributed by atoms with E-state index in [9.17, 15) is 9.90 Å². The van der Waals surface area contributed by atoms with Crippen molar-refractivity contribution in [3.05, 3.63) is 54.1 Å². The summed E-state index contributed by atoms with van der Waals surface area (Å²) in [6, 6.07) is 14.8. The molecule has 0 atom stereocenters. The van der Waals surface area contributed by atoms with Gasteiger partial charge in [0.25, 0.3) is 0 Å². The number of rotatable bonds is 6. The van der Waals surface area contributed by atoms with Gasteiger partial charge >= 0.3 is 0 Å². The van der Waals surface area contributed by atoms with Crippen molar-refractivity contribution < 1.29 is 14.6 Å². The molecule has 0 saturated heterocycles. The molecular formula is C16H17NO3S. The van der Waals surface area contributed by atoms with E-state index in [1.54, 1.807) is 19.2 Å². The summed E-state index contributed by atoms with van der Waals surface area (Å²) < 4.78 is 5.09. The molecule has 0 unspecified atom stereocenters. The number of ether oxygens (including phenoxy) is 1. The summed E-state index contributed by atoms with van der Waals surface area (Å²) in [5, 5.41) is 12.0. The highest BCUT2D eigenvalue weighted by Gasteiger charge is 2.06. The fourth-order valence-corrected chi connectivity index (χ4v) is 2.49. The summed E-state index contributed by atoms with van der Waals surface area (Å²) >= 11 is 1.45. The third kappa shape index (κ3) is 4.51. The standard InChI is InChI=1S/C16H17NO3S/c1-20-13-6-8-14(9-7-13)21-11-16(19)17-15-5-3-2-4-12(15)10-18/h2-9,18H,10-11H2,1H3,(H,17,19). The Kier molecular flexibility index (Phi) is 5.66. The Hall–Kier alpha value is -1.98. The van der Waals surface area contributed by atoms with Crippen LogP contribution in [0.25, 0.3) is 0 Å². The summed E-state index contributed by atoms with van der Waals surface area (Å²) in [5.74, 6) is 1.00. The molecule has 110 valence electrons. The van der Waals surface area contributed by atoms with Crippen LogP contribution in [0.4, 0.5) is 5.69 Å². The lowest BCUT2D eigenvalue weighted by Gasteiger charge is -2.09. The van der Waals surface area contributed by atoms with E-state index in [1.165, 1.54) is 11.8 Å². The van der Waals surface area contributed by atoms with E-state index in [1.807, 2.05) is 36.4 Å². The van der Waals surface area contributed by atoms with Gasteiger partial charge in [-0.15, -0.1) is 11.8 Å². The number of methoxy groups -OCH3 is 1. The fraction of sp³-hybridized carbons (Fsp3) is 0.188. The SMILES string of the molecule is COc1ccc(SCC(=O)Nc2ccccc2CO)cc1. The zero-order valence-electron chi connectivity index (χ0n) is 11.7. The van der Waals surface area contributed by atoms with Crippen molar-refractivity contribution >= 4 is 23.4 Å². The predicted molar refractivity (Wildman–Crippen MR) is 84.7 cm³/mol. The third-order valence-corrected chi connectivity index (χ3v) is 3.90. The quantitative estimate of drug-likeness (QED) is 0.806. The van der Waals surface area contributed by atoms with Crippen LogP contribution in [0.5, 0.6) is 5.75 Å². The highest BCUT2D eigenvalue weighted by atomic mass is 32.2. The Morgan fingerprint density at radius 2 is 1.90 bits per heavy atom. The van der Waals surface area contributed by atoms with Crippen LogP contribution in [0.3, 0.4) is 0 Å². The molecule has 0 spiro atoms. The van der Waals surface area contributed by atoms with Crippen molar-refractivity contribution in [1.29, 1.82) is 0 Å². The molecule has 5 heteroatoms. The molecule has 0 radical (unpaired) electrons. The van der Waals surface area contributed by atoms with Gasteiger partial charge in [-0.2, -0.15) is 0 Å². The first kappa shape index (κ1) is 15.4. The smallest absolute Gasteiger partial charge is 0.234 e. The van der Waals surface area contributed by atoms with Crippen LogP contribution < -0.4 is 10.1 Å². The van der Waals surface area contributed by atoms with Crippen molar-refractivity contribution in [2.24, 2.45) is 0 Å². The minimum absolute atomic E-state index is 0.0952. The molecule has 1 amide bonds. The Bertz CT molecular complexity index is 599. The molecule has 0 aliphatic carbocycles. The number of anilines is 1. The Morgan fingerprint density at radius 1 is 1.19 bits per heavy atom. The summed E-state index contributed by atoms with van der Waals surface area (Å²) in [5.41, 5.74) is 1.36. The molecule has 0 aliphatic rings. The van der Waals surface area contributed by atoms with Gasteiger partial charge in [0.1, 0.15) is 5.75 Å². The first-order valence-electron chi connectivity index (χ1n) is 6.48. The maximum absolute atomic E-state index is 11.9. The summed E-state index contributed by atoms with van der Waals surface area (Å²) in [6.45, 7) is -0.0952. The number of nitrogens with one attached hydrogen (secondary N) is 1. The van der Waals surface area contributed by atoms with Crippen LogP contribution in [0, 0.1) is 0 Å². The minimum atomic E-state index is -0.100. The van der Waals surface area contributed by atoms with E-state index in [2.05, 4.69) is 5.32 Å². The number of benzene rings is 2. The fourth-order valence-electron chi connectivity index (χ4n) is 1.79. The van der Waals surface area contributed by atoms with Crippen molar-refractivity contribution in [2.45, 2.75) is 11.5 Å².